The van der Waals surface area contributed by atoms with Crippen molar-refractivity contribution in [2.24, 2.45) is 23.7 Å². The molecule has 1 fully saturated rings. The number of nitrogens with zero attached hydrogens (tertiary/aromatic N) is 1. The van der Waals surface area contributed by atoms with Gasteiger partial charge in [-0.05, 0) is 113 Å². The van der Waals surface area contributed by atoms with Crippen molar-refractivity contribution in [3.8, 4) is 11.5 Å². The molecule has 0 N–H and O–H groups in total. The first kappa shape index (κ1) is 42.9. The first-order valence-corrected chi connectivity index (χ1v) is 23.8. The van der Waals surface area contributed by atoms with Crippen LogP contribution < -0.4 is 19.8 Å². The average molecular weight is 810 g/mol. The molecule has 0 amide bonds. The molecule has 0 radical (unpaired) electrons. The molecule has 4 aromatic carbocycles. The van der Waals surface area contributed by atoms with Crippen LogP contribution in [0.1, 0.15) is 71.9 Å². The molecule has 0 bridgehead atoms. The third-order valence-corrected chi connectivity index (χ3v) is 20.6. The maximum absolute atomic E-state index is 14.6. The van der Waals surface area contributed by atoms with Crippen LogP contribution in [0.2, 0.25) is 5.04 Å². The van der Waals surface area contributed by atoms with Crippen molar-refractivity contribution in [3.63, 3.8) is 0 Å². The maximum atomic E-state index is 14.6. The number of methoxy groups -OCH3 is 3. The van der Waals surface area contributed by atoms with Gasteiger partial charge in [-0.25, -0.2) is 8.42 Å². The summed E-state index contributed by atoms with van der Waals surface area (Å²) in [4.78, 5) is 0. The van der Waals surface area contributed by atoms with Gasteiger partial charge in [-0.1, -0.05) is 119 Å². The number of ether oxygens (including phenoxy) is 3. The number of sulfonamides is 1. The summed E-state index contributed by atoms with van der Waals surface area (Å²) >= 11 is 0. The second-order valence-corrected chi connectivity index (χ2v) is 24.0. The van der Waals surface area contributed by atoms with E-state index in [2.05, 4.69) is 101 Å². The summed E-state index contributed by atoms with van der Waals surface area (Å²) in [5.41, 5.74) is 2.65. The van der Waals surface area contributed by atoms with Crippen LogP contribution in [0.4, 0.5) is 0 Å². The quantitative estimate of drug-likeness (QED) is 0.0739. The minimum Gasteiger partial charge on any atom is -0.497 e. The van der Waals surface area contributed by atoms with Crippen LogP contribution >= 0.6 is 0 Å². The molecule has 0 aliphatic heterocycles. The van der Waals surface area contributed by atoms with Gasteiger partial charge in [0, 0.05) is 26.8 Å². The van der Waals surface area contributed by atoms with Gasteiger partial charge < -0.3 is 18.6 Å². The highest BCUT2D eigenvalue weighted by Crippen LogP contribution is 2.52. The molecular formula is C48H63NO6SSi. The monoisotopic (exact) mass is 809 g/mol. The Labute approximate surface area is 343 Å². The third kappa shape index (κ3) is 8.69. The summed E-state index contributed by atoms with van der Waals surface area (Å²) in [5, 5.41) is 1.91. The van der Waals surface area contributed by atoms with Gasteiger partial charge in [0.15, 0.2) is 0 Å². The van der Waals surface area contributed by atoms with Crippen LogP contribution in [0, 0.1) is 23.7 Å². The minimum absolute atomic E-state index is 0.0880. The van der Waals surface area contributed by atoms with Gasteiger partial charge in [-0.2, -0.15) is 4.31 Å². The Morgan fingerprint density at radius 1 is 0.719 bits per heavy atom. The fourth-order valence-corrected chi connectivity index (χ4v) is 15.6. The highest BCUT2D eigenvalue weighted by atomic mass is 32.2. The van der Waals surface area contributed by atoms with Crippen molar-refractivity contribution < 1.29 is 27.1 Å². The van der Waals surface area contributed by atoms with Crippen LogP contribution in [-0.2, 0) is 32.3 Å². The third-order valence-electron chi connectivity index (χ3n) is 13.3. The number of hydrogen-bond acceptors (Lipinski definition) is 6. The van der Waals surface area contributed by atoms with E-state index in [-0.39, 0.29) is 30.0 Å². The number of benzene rings is 4. The Balaban J connectivity index is 1.18. The lowest BCUT2D eigenvalue weighted by atomic mass is 9.59. The standard InChI is InChI=1S/C48H63NO6SSi/c1-35(36(2)56(50,51)49(32-37-20-25-42(52-7)26-21-37)33-38-22-27-43(53-8)28-23-38)40-30-41(31-40)48(6,54-9)46-29-24-39(46)34-55-57(47(3,4)5,44-16-12-10-13-17-44)45-18-14-11-15-19-45/h10-23,25-28,30,35-36,39-40,46H,24,29,31-34H2,1-9H3/t35-,36-,39+,40+,46-,48+/m1/s1. The zero-order valence-electron chi connectivity index (χ0n) is 35.4. The summed E-state index contributed by atoms with van der Waals surface area (Å²) in [7, 11) is -1.28. The van der Waals surface area contributed by atoms with E-state index in [1.807, 2.05) is 62.6 Å². The van der Waals surface area contributed by atoms with Gasteiger partial charge in [0.05, 0.1) is 25.1 Å². The molecule has 7 nitrogen and oxygen atoms in total. The average Bonchev–Trinajstić information content (AvgIpc) is 3.18. The highest BCUT2D eigenvalue weighted by molar-refractivity contribution is 7.89. The van der Waals surface area contributed by atoms with Crippen molar-refractivity contribution in [3.05, 3.63) is 132 Å². The van der Waals surface area contributed by atoms with E-state index >= 15 is 0 Å². The molecule has 0 unspecified atom stereocenters. The van der Waals surface area contributed by atoms with E-state index in [1.165, 1.54) is 15.9 Å². The molecule has 57 heavy (non-hydrogen) atoms. The molecule has 2 aliphatic rings. The number of rotatable bonds is 18. The fourth-order valence-electron chi connectivity index (χ4n) is 9.15. The van der Waals surface area contributed by atoms with Crippen LogP contribution in [-0.4, -0.2) is 59.8 Å². The van der Waals surface area contributed by atoms with Crippen LogP contribution in [0.5, 0.6) is 11.5 Å². The topological polar surface area (TPSA) is 74.3 Å². The zero-order chi connectivity index (χ0) is 41.0. The molecular weight excluding hydrogens is 747 g/mol. The summed E-state index contributed by atoms with van der Waals surface area (Å²) in [6, 6.07) is 36.9. The summed E-state index contributed by atoms with van der Waals surface area (Å²) in [5.74, 6) is 2.19. The molecule has 6 atom stereocenters. The molecule has 6 rings (SSSR count). The van der Waals surface area contributed by atoms with Gasteiger partial charge in [0.2, 0.25) is 10.0 Å². The Morgan fingerprint density at radius 2 is 1.19 bits per heavy atom. The van der Waals surface area contributed by atoms with Crippen LogP contribution in [0.25, 0.3) is 0 Å². The Hall–Kier alpha value is -3.73. The fraction of sp³-hybridized carbons (Fsp3) is 0.458. The molecule has 0 saturated heterocycles. The largest absolute Gasteiger partial charge is 0.497 e. The zero-order valence-corrected chi connectivity index (χ0v) is 37.2. The van der Waals surface area contributed by atoms with E-state index in [1.54, 1.807) is 18.5 Å². The molecule has 2 aliphatic carbocycles. The van der Waals surface area contributed by atoms with E-state index in [0.29, 0.717) is 18.4 Å². The molecule has 1 saturated carbocycles. The second-order valence-electron chi connectivity index (χ2n) is 17.4. The Bertz CT molecular complexity index is 1960. The molecule has 306 valence electrons. The lowest BCUT2D eigenvalue weighted by Gasteiger charge is -2.53. The molecule has 9 heteroatoms. The Morgan fingerprint density at radius 3 is 1.58 bits per heavy atom. The molecule has 4 aromatic rings. The van der Waals surface area contributed by atoms with Crippen molar-refractivity contribution in [2.75, 3.05) is 27.9 Å². The highest BCUT2D eigenvalue weighted by Gasteiger charge is 2.54. The first-order valence-electron chi connectivity index (χ1n) is 20.4. The van der Waals surface area contributed by atoms with E-state index in [0.717, 1.165) is 41.9 Å². The van der Waals surface area contributed by atoms with E-state index in [4.69, 9.17) is 18.6 Å². The van der Waals surface area contributed by atoms with Gasteiger partial charge in [0.1, 0.15) is 11.5 Å². The van der Waals surface area contributed by atoms with Gasteiger partial charge in [-0.15, -0.1) is 0 Å². The number of allylic oxidation sites excluding steroid dienone is 1. The number of hydrogen-bond donors (Lipinski definition) is 0. The van der Waals surface area contributed by atoms with Crippen molar-refractivity contribution in [1.82, 2.24) is 4.31 Å². The van der Waals surface area contributed by atoms with E-state index < -0.39 is 29.2 Å². The van der Waals surface area contributed by atoms with Crippen LogP contribution in [0.15, 0.2) is 121 Å². The normalized spacial score (nSPS) is 20.7. The van der Waals surface area contributed by atoms with Gasteiger partial charge in [0.25, 0.3) is 8.32 Å². The van der Waals surface area contributed by atoms with Crippen LogP contribution in [0.3, 0.4) is 0 Å². The summed E-state index contributed by atoms with van der Waals surface area (Å²) in [6.07, 6.45) is 5.31. The summed E-state index contributed by atoms with van der Waals surface area (Å²) < 4.78 is 55.3. The smallest absolute Gasteiger partial charge is 0.261 e. The van der Waals surface area contributed by atoms with Crippen molar-refractivity contribution >= 4 is 28.7 Å². The molecule has 0 heterocycles. The lowest BCUT2D eigenvalue weighted by molar-refractivity contribution is -0.0882. The van der Waals surface area contributed by atoms with E-state index in [9.17, 15) is 8.42 Å². The SMILES string of the molecule is COc1ccc(CN(Cc2ccc(OC)cc2)S(=O)(=O)[C@H](C)[C@@H](C)[C@H]2C=C([C@](C)(OC)[C@@H]3CC[C@H]3CO[Si](c3ccccc3)(c3ccccc3)C(C)(C)C)C2)cc1. The van der Waals surface area contributed by atoms with Gasteiger partial charge in [-0.3, -0.25) is 0 Å². The van der Waals surface area contributed by atoms with Crippen molar-refractivity contribution in [1.29, 1.82) is 0 Å². The van der Waals surface area contributed by atoms with Gasteiger partial charge >= 0.3 is 0 Å². The second kappa shape index (κ2) is 17.6. The minimum atomic E-state index is -3.71. The lowest BCUT2D eigenvalue weighted by Crippen LogP contribution is -2.67. The molecule has 0 spiro atoms. The first-order chi connectivity index (χ1) is 27.2. The Kier molecular flexibility index (Phi) is 13.3. The van der Waals surface area contributed by atoms with Crippen molar-refractivity contribution in [2.45, 2.75) is 89.8 Å². The predicted molar refractivity (Wildman–Crippen MR) is 234 cm³/mol. The maximum Gasteiger partial charge on any atom is 0.261 e. The summed E-state index contributed by atoms with van der Waals surface area (Å²) in [6.45, 7) is 14.4. The molecule has 0 aromatic heterocycles. The predicted octanol–water partition coefficient (Wildman–Crippen LogP) is 9.01.